The number of hydrogen-bond acceptors (Lipinski definition) is 0. The monoisotopic (exact) mass is 109 g/mol. The van der Waals surface area contributed by atoms with E-state index in [1.165, 1.54) is 0 Å². The maximum atomic E-state index is 7.14. The molecule has 1 heteroatoms. The number of hydrogen-bond donors (Lipinski definition) is 0. The molecule has 1 aromatic carbocycles. The van der Waals surface area contributed by atoms with Gasteiger partial charge in [0.2, 0.25) is 0 Å². The van der Waals surface area contributed by atoms with Gasteiger partial charge >= 0.3 is 0 Å². The van der Waals surface area contributed by atoms with Gasteiger partial charge in [-0.3, -0.25) is 0 Å². The van der Waals surface area contributed by atoms with Crippen molar-refractivity contribution in [1.29, 1.82) is 0 Å². The molecule has 2 N–H and O–H groups in total. The van der Waals surface area contributed by atoms with Crippen molar-refractivity contribution < 1.29 is 5.11 Å². The second-order valence-corrected chi connectivity index (χ2v) is 1.87. The summed E-state index contributed by atoms with van der Waals surface area (Å²) >= 11 is 0. The highest BCUT2D eigenvalue weighted by Gasteiger charge is 1.87. The molecule has 0 spiro atoms. The minimum absolute atomic E-state index is 0.588. The summed E-state index contributed by atoms with van der Waals surface area (Å²) in [7, 11) is 0. The van der Waals surface area contributed by atoms with E-state index in [2.05, 4.69) is 0 Å². The van der Waals surface area contributed by atoms with Crippen LogP contribution in [0.4, 0.5) is 0 Å². The molecule has 0 saturated heterocycles. The Hall–Kier alpha value is -0.980. The molecule has 0 amide bonds. The second-order valence-electron chi connectivity index (χ2n) is 1.87. The Morgan fingerprint density at radius 2 is 2.12 bits per heavy atom. The Labute approximate surface area is 48.6 Å². The van der Waals surface area contributed by atoms with Crippen molar-refractivity contribution in [1.82, 2.24) is 0 Å². The Morgan fingerprint density at radius 3 is 2.50 bits per heavy atom. The van der Waals surface area contributed by atoms with Gasteiger partial charge in [-0.1, -0.05) is 12.1 Å². The van der Waals surface area contributed by atoms with Crippen LogP contribution in [-0.4, -0.2) is 5.11 Å². The first kappa shape index (κ1) is 5.16. The summed E-state index contributed by atoms with van der Waals surface area (Å²) < 4.78 is 0. The molecule has 0 aliphatic carbocycles. The van der Waals surface area contributed by atoms with Crippen LogP contribution in [-0.2, 0) is 0 Å². The summed E-state index contributed by atoms with van der Waals surface area (Å²) in [6.07, 6.45) is 0. The van der Waals surface area contributed by atoms with E-state index in [0.717, 1.165) is 5.56 Å². The van der Waals surface area contributed by atoms with Gasteiger partial charge in [0.05, 0.1) is 0 Å². The smallest absolute Gasteiger partial charge is 0.254 e. The molecule has 0 unspecified atom stereocenters. The molecule has 0 aliphatic rings. The van der Waals surface area contributed by atoms with Crippen molar-refractivity contribution in [2.45, 2.75) is 6.92 Å². The van der Waals surface area contributed by atoms with E-state index in [1.54, 1.807) is 6.07 Å². The Kier molecular flexibility index (Phi) is 1.20. The van der Waals surface area contributed by atoms with Crippen molar-refractivity contribution in [3.63, 3.8) is 0 Å². The molecule has 1 nitrogen and oxygen atoms in total. The van der Waals surface area contributed by atoms with Crippen LogP contribution >= 0.6 is 0 Å². The van der Waals surface area contributed by atoms with Crippen LogP contribution in [0.3, 0.4) is 0 Å². The number of rotatable bonds is 0. The van der Waals surface area contributed by atoms with Gasteiger partial charge in [-0.15, -0.1) is 0 Å². The van der Waals surface area contributed by atoms with Gasteiger partial charge in [0.15, 0.2) is 0 Å². The highest BCUT2D eigenvalue weighted by Crippen LogP contribution is 2.08. The van der Waals surface area contributed by atoms with Crippen LogP contribution in [0.25, 0.3) is 0 Å². The van der Waals surface area contributed by atoms with Crippen LogP contribution in [0, 0.1) is 6.92 Å². The standard InChI is InChI=1S/C7H8O/c1-6-3-2-4-7(8)5-6/h2-5,8H,1H3/p+1. The van der Waals surface area contributed by atoms with Crippen molar-refractivity contribution in [3.8, 4) is 5.75 Å². The van der Waals surface area contributed by atoms with E-state index in [0.29, 0.717) is 5.75 Å². The largest absolute Gasteiger partial charge is 0.593 e. The molecular formula is C7H9O+. The quantitative estimate of drug-likeness (QED) is 0.450. The summed E-state index contributed by atoms with van der Waals surface area (Å²) in [5.74, 6) is 0.588. The summed E-state index contributed by atoms with van der Waals surface area (Å²) in [5.41, 5.74) is 1.15. The molecular weight excluding hydrogens is 100 g/mol. The molecule has 0 aromatic heterocycles. The van der Waals surface area contributed by atoms with Gasteiger partial charge < -0.3 is 5.11 Å². The van der Waals surface area contributed by atoms with Crippen LogP contribution in [0.1, 0.15) is 5.56 Å². The molecule has 0 fully saturated rings. The van der Waals surface area contributed by atoms with E-state index in [1.807, 2.05) is 25.1 Å². The summed E-state index contributed by atoms with van der Waals surface area (Å²) in [5, 5.41) is 7.14. The van der Waals surface area contributed by atoms with Gasteiger partial charge in [-0.25, -0.2) is 0 Å². The zero-order valence-corrected chi connectivity index (χ0v) is 4.81. The fraction of sp³-hybridized carbons (Fsp3) is 0.143. The summed E-state index contributed by atoms with van der Waals surface area (Å²) in [6.45, 7) is 1.98. The topological polar surface area (TPSA) is 22.9 Å². The first-order valence-electron chi connectivity index (χ1n) is 2.57. The fourth-order valence-corrected chi connectivity index (χ4v) is 0.645. The summed E-state index contributed by atoms with van der Waals surface area (Å²) in [4.78, 5) is 0. The van der Waals surface area contributed by atoms with Crippen LogP contribution in [0.15, 0.2) is 24.3 Å². The Balaban J connectivity index is 3.08. The number of aryl methyl sites for hydroxylation is 1. The lowest BCUT2D eigenvalue weighted by molar-refractivity contribution is 0.475. The first-order valence-corrected chi connectivity index (χ1v) is 2.57. The molecule has 0 heterocycles. The minimum atomic E-state index is 0.588. The normalized spacial score (nSPS) is 9.12. The van der Waals surface area contributed by atoms with E-state index >= 15 is 0 Å². The molecule has 0 radical (unpaired) electrons. The lowest BCUT2D eigenvalue weighted by Gasteiger charge is -1.86. The molecule has 0 aliphatic heterocycles. The van der Waals surface area contributed by atoms with Crippen LogP contribution in [0.5, 0.6) is 5.75 Å². The zero-order valence-electron chi connectivity index (χ0n) is 4.81. The van der Waals surface area contributed by atoms with E-state index in [9.17, 15) is 0 Å². The van der Waals surface area contributed by atoms with Gasteiger partial charge in [0.25, 0.3) is 5.75 Å². The van der Waals surface area contributed by atoms with Crippen molar-refractivity contribution >= 4 is 0 Å². The highest BCUT2D eigenvalue weighted by atomic mass is 16.3. The van der Waals surface area contributed by atoms with Gasteiger partial charge in [-0.2, -0.15) is 0 Å². The third-order valence-electron chi connectivity index (χ3n) is 1.02. The van der Waals surface area contributed by atoms with E-state index < -0.39 is 0 Å². The average molecular weight is 109 g/mol. The predicted molar refractivity (Wildman–Crippen MR) is 34.2 cm³/mol. The highest BCUT2D eigenvalue weighted by molar-refractivity contribution is 5.25. The lowest BCUT2D eigenvalue weighted by Crippen LogP contribution is -1.66. The minimum Gasteiger partial charge on any atom is -0.593 e. The Morgan fingerprint density at radius 1 is 1.38 bits per heavy atom. The van der Waals surface area contributed by atoms with Crippen molar-refractivity contribution in [2.75, 3.05) is 0 Å². The lowest BCUT2D eigenvalue weighted by atomic mass is 10.2. The van der Waals surface area contributed by atoms with E-state index in [-0.39, 0.29) is 0 Å². The van der Waals surface area contributed by atoms with Crippen LogP contribution in [0.2, 0.25) is 0 Å². The maximum absolute atomic E-state index is 7.14. The third-order valence-corrected chi connectivity index (χ3v) is 1.02. The molecule has 0 bridgehead atoms. The van der Waals surface area contributed by atoms with Gasteiger partial charge in [-0.05, 0) is 12.5 Å². The first-order chi connectivity index (χ1) is 3.79. The third kappa shape index (κ3) is 0.997. The molecule has 1 aromatic rings. The predicted octanol–water partition coefficient (Wildman–Crippen LogP) is 1.43. The van der Waals surface area contributed by atoms with Crippen molar-refractivity contribution in [3.05, 3.63) is 29.8 Å². The van der Waals surface area contributed by atoms with Crippen LogP contribution < -0.4 is 0 Å². The second kappa shape index (κ2) is 1.86. The van der Waals surface area contributed by atoms with Crippen molar-refractivity contribution in [2.24, 2.45) is 0 Å². The average Bonchev–Trinajstić information content (AvgIpc) is 1.64. The van der Waals surface area contributed by atoms with Gasteiger partial charge in [0.1, 0.15) is 0 Å². The fourth-order valence-electron chi connectivity index (χ4n) is 0.645. The van der Waals surface area contributed by atoms with Gasteiger partial charge in [0, 0.05) is 12.1 Å². The Bertz CT molecular complexity index is 164. The summed E-state index contributed by atoms with van der Waals surface area (Å²) in [6, 6.07) is 7.47. The maximum Gasteiger partial charge on any atom is 0.254 e. The molecule has 0 saturated carbocycles. The zero-order chi connectivity index (χ0) is 5.98. The molecule has 0 atom stereocenters. The van der Waals surface area contributed by atoms with E-state index in [4.69, 9.17) is 5.11 Å². The number of benzene rings is 1. The molecule has 1 rings (SSSR count). The SMILES string of the molecule is Cc1cccc([OH2+])c1. The molecule has 42 valence electrons. The molecule has 8 heavy (non-hydrogen) atoms.